The molecule has 1 aromatic heterocycles. The van der Waals surface area contributed by atoms with Crippen LogP contribution in [0, 0.1) is 11.8 Å². The summed E-state index contributed by atoms with van der Waals surface area (Å²) >= 11 is 0. The number of fused-ring (bicyclic) bond motifs is 1. The zero-order chi connectivity index (χ0) is 25.6. The second-order valence-electron chi connectivity index (χ2n) is 10.2. The molecule has 3 aliphatic rings. The van der Waals surface area contributed by atoms with Gasteiger partial charge in [0, 0.05) is 38.5 Å². The van der Waals surface area contributed by atoms with Gasteiger partial charge in [-0.2, -0.15) is 0 Å². The lowest BCUT2D eigenvalue weighted by atomic mass is 9.85. The number of piperidine rings is 1. The third-order valence-corrected chi connectivity index (χ3v) is 7.91. The molecule has 1 saturated carbocycles. The van der Waals surface area contributed by atoms with Crippen molar-refractivity contribution in [2.24, 2.45) is 18.9 Å². The van der Waals surface area contributed by atoms with Crippen LogP contribution in [0.25, 0.3) is 11.0 Å². The van der Waals surface area contributed by atoms with Crippen LogP contribution in [0.4, 0.5) is 5.69 Å². The number of hydrogen-bond donors (Lipinski definition) is 3. The fourth-order valence-corrected chi connectivity index (χ4v) is 5.91. The lowest BCUT2D eigenvalue weighted by Crippen LogP contribution is -2.44. The summed E-state index contributed by atoms with van der Waals surface area (Å²) in [7, 11) is 1.67. The van der Waals surface area contributed by atoms with E-state index < -0.39 is 23.8 Å². The minimum absolute atomic E-state index is 0.0583. The van der Waals surface area contributed by atoms with Gasteiger partial charge < -0.3 is 15.3 Å². The molecule has 3 amide bonds. The van der Waals surface area contributed by atoms with Crippen molar-refractivity contribution >= 4 is 40.4 Å². The van der Waals surface area contributed by atoms with Crippen molar-refractivity contribution in [1.82, 2.24) is 19.4 Å². The summed E-state index contributed by atoms with van der Waals surface area (Å²) < 4.78 is 3.00. The van der Waals surface area contributed by atoms with Gasteiger partial charge in [0.2, 0.25) is 17.7 Å². The van der Waals surface area contributed by atoms with Crippen molar-refractivity contribution in [3.63, 3.8) is 0 Å². The summed E-state index contributed by atoms with van der Waals surface area (Å²) in [6.45, 7) is 0.806. The molecule has 5 rings (SSSR count). The van der Waals surface area contributed by atoms with Gasteiger partial charge in [0.25, 0.3) is 0 Å². The zero-order valence-corrected chi connectivity index (χ0v) is 20.2. The molecule has 1 unspecified atom stereocenters. The Kier molecular flexibility index (Phi) is 6.31. The number of aromatic nitrogens is 2. The van der Waals surface area contributed by atoms with Crippen LogP contribution in [-0.4, -0.2) is 62.0 Å². The van der Waals surface area contributed by atoms with Crippen LogP contribution in [0.3, 0.4) is 0 Å². The van der Waals surface area contributed by atoms with Crippen LogP contribution in [0.5, 0.6) is 0 Å². The number of aryl methyl sites for hydroxylation is 1. The fourth-order valence-electron chi connectivity index (χ4n) is 5.91. The Balaban J connectivity index is 1.29. The summed E-state index contributed by atoms with van der Waals surface area (Å²) in [6, 6.07) is 4.94. The Labute approximate surface area is 207 Å². The van der Waals surface area contributed by atoms with E-state index in [0.29, 0.717) is 30.5 Å². The lowest BCUT2D eigenvalue weighted by Gasteiger charge is -2.31. The molecule has 1 aromatic carbocycles. The molecule has 192 valence electrons. The summed E-state index contributed by atoms with van der Waals surface area (Å²) in [5.74, 6) is -2.13. The van der Waals surface area contributed by atoms with Gasteiger partial charge in [-0.05, 0) is 50.7 Å². The summed E-state index contributed by atoms with van der Waals surface area (Å²) in [6.07, 6.45) is 3.99. The quantitative estimate of drug-likeness (QED) is 0.527. The van der Waals surface area contributed by atoms with E-state index in [1.54, 1.807) is 11.9 Å². The number of imidazole rings is 1. The maximum Gasteiger partial charge on any atom is 0.329 e. The van der Waals surface area contributed by atoms with Crippen LogP contribution in [0.2, 0.25) is 0 Å². The number of aliphatic carboxylic acids is 1. The predicted molar refractivity (Wildman–Crippen MR) is 130 cm³/mol. The first-order valence-corrected chi connectivity index (χ1v) is 12.6. The van der Waals surface area contributed by atoms with Crippen LogP contribution >= 0.6 is 0 Å². The first-order valence-electron chi connectivity index (χ1n) is 12.6. The number of rotatable bonds is 5. The van der Waals surface area contributed by atoms with Crippen LogP contribution in [-0.2, 0) is 26.2 Å². The normalized spacial score (nSPS) is 26.8. The number of anilines is 1. The largest absolute Gasteiger partial charge is 0.481 e. The molecule has 2 aliphatic heterocycles. The Hall–Kier alpha value is -3.63. The Morgan fingerprint density at radius 3 is 2.44 bits per heavy atom. The van der Waals surface area contributed by atoms with Crippen LogP contribution < -0.4 is 16.3 Å². The van der Waals surface area contributed by atoms with Crippen molar-refractivity contribution in [3.05, 3.63) is 28.7 Å². The van der Waals surface area contributed by atoms with E-state index in [2.05, 4.69) is 10.6 Å². The van der Waals surface area contributed by atoms with Crippen molar-refractivity contribution in [1.29, 1.82) is 0 Å². The van der Waals surface area contributed by atoms with Gasteiger partial charge in [-0.25, -0.2) is 4.79 Å². The number of hydrogen-bond acceptors (Lipinski definition) is 6. The zero-order valence-electron chi connectivity index (χ0n) is 20.2. The SMILES string of the molecule is Cn1c(=O)n(C2CCC(=O)NC2=O)c2cccc(N[C@H]3CC[C@H](C(=O)N4CC[C@H](C(=O)O)C4)CC3)c21. The highest BCUT2D eigenvalue weighted by Crippen LogP contribution is 2.32. The molecule has 1 aliphatic carbocycles. The topological polar surface area (TPSA) is 143 Å². The Morgan fingerprint density at radius 1 is 1.03 bits per heavy atom. The van der Waals surface area contributed by atoms with E-state index in [0.717, 1.165) is 31.4 Å². The Morgan fingerprint density at radius 2 is 1.78 bits per heavy atom. The number of nitrogens with one attached hydrogen (secondary N) is 2. The number of carbonyl (C=O) groups is 4. The van der Waals surface area contributed by atoms with Crippen molar-refractivity contribution < 1.29 is 24.3 Å². The van der Waals surface area contributed by atoms with E-state index in [-0.39, 0.29) is 42.3 Å². The summed E-state index contributed by atoms with van der Waals surface area (Å²) in [4.78, 5) is 63.0. The number of benzene rings is 1. The number of likely N-dealkylation sites (tertiary alicyclic amines) is 1. The maximum absolute atomic E-state index is 13.1. The van der Waals surface area contributed by atoms with Crippen molar-refractivity contribution in [2.45, 2.75) is 57.0 Å². The van der Waals surface area contributed by atoms with Gasteiger partial charge in [0.05, 0.1) is 22.6 Å². The van der Waals surface area contributed by atoms with Crippen molar-refractivity contribution in [3.8, 4) is 0 Å². The van der Waals surface area contributed by atoms with E-state index in [9.17, 15) is 29.1 Å². The highest BCUT2D eigenvalue weighted by Gasteiger charge is 2.36. The molecule has 2 aromatic rings. The number of carboxylic acids is 1. The molecule has 3 fully saturated rings. The molecule has 0 bridgehead atoms. The average Bonchev–Trinajstić information content (AvgIpc) is 3.44. The molecule has 3 N–H and O–H groups in total. The maximum atomic E-state index is 13.1. The summed E-state index contributed by atoms with van der Waals surface area (Å²) in [5.41, 5.74) is 1.81. The van der Waals surface area contributed by atoms with Gasteiger partial charge in [-0.1, -0.05) is 6.07 Å². The number of para-hydroxylation sites is 1. The minimum atomic E-state index is -0.840. The molecule has 11 heteroatoms. The molecular formula is C25H31N5O6. The number of carbonyl (C=O) groups excluding carboxylic acids is 3. The fraction of sp³-hybridized carbons (Fsp3) is 0.560. The monoisotopic (exact) mass is 497 g/mol. The van der Waals surface area contributed by atoms with E-state index in [1.165, 1.54) is 9.13 Å². The first-order chi connectivity index (χ1) is 17.2. The number of nitrogens with zero attached hydrogens (tertiary/aromatic N) is 3. The number of carboxylic acid groups (broad SMARTS) is 1. The standard InChI is InChI=1S/C25H31N5O6/c1-28-21-17(3-2-4-18(21)30(25(28)36)19-9-10-20(31)27-22(19)32)26-16-7-5-14(6-8-16)23(33)29-12-11-15(13-29)24(34)35/h2-4,14-16,19,26H,5-13H2,1H3,(H,34,35)(H,27,31,32)/t14-,15-,16-,19?/m0/s1. The van der Waals surface area contributed by atoms with Crippen LogP contribution in [0.1, 0.15) is 51.0 Å². The molecule has 0 spiro atoms. The van der Waals surface area contributed by atoms with Gasteiger partial charge in [0.15, 0.2) is 0 Å². The van der Waals surface area contributed by atoms with Gasteiger partial charge >= 0.3 is 11.7 Å². The van der Waals surface area contributed by atoms with Gasteiger partial charge in [0.1, 0.15) is 6.04 Å². The highest BCUT2D eigenvalue weighted by atomic mass is 16.4. The van der Waals surface area contributed by atoms with Gasteiger partial charge in [-0.3, -0.25) is 33.6 Å². The van der Waals surface area contributed by atoms with Gasteiger partial charge in [-0.15, -0.1) is 0 Å². The van der Waals surface area contributed by atoms with Crippen molar-refractivity contribution in [2.75, 3.05) is 18.4 Å². The molecular weight excluding hydrogens is 466 g/mol. The summed E-state index contributed by atoms with van der Waals surface area (Å²) in [5, 5.41) is 15.1. The third-order valence-electron chi connectivity index (χ3n) is 7.91. The second kappa shape index (κ2) is 9.44. The van der Waals surface area contributed by atoms with E-state index >= 15 is 0 Å². The molecule has 36 heavy (non-hydrogen) atoms. The number of amides is 3. The molecule has 0 radical (unpaired) electrons. The lowest BCUT2D eigenvalue weighted by molar-refractivity contribution is -0.142. The smallest absolute Gasteiger partial charge is 0.329 e. The minimum Gasteiger partial charge on any atom is -0.481 e. The average molecular weight is 498 g/mol. The van der Waals surface area contributed by atoms with E-state index in [1.807, 2.05) is 18.2 Å². The molecule has 3 heterocycles. The number of imide groups is 1. The van der Waals surface area contributed by atoms with E-state index in [4.69, 9.17) is 0 Å². The third kappa shape index (κ3) is 4.27. The molecule has 2 saturated heterocycles. The second-order valence-corrected chi connectivity index (χ2v) is 10.2. The van der Waals surface area contributed by atoms with Crippen LogP contribution in [0.15, 0.2) is 23.0 Å². The highest BCUT2D eigenvalue weighted by molar-refractivity contribution is 6.00. The Bertz CT molecular complexity index is 1290. The first kappa shape index (κ1) is 24.1. The predicted octanol–water partition coefficient (Wildman–Crippen LogP) is 1.22. The molecule has 11 nitrogen and oxygen atoms in total. The molecule has 2 atom stereocenters.